The number of H-pyrrole nitrogens is 1. The fourth-order valence-electron chi connectivity index (χ4n) is 3.26. The van der Waals surface area contributed by atoms with Crippen LogP contribution in [0.3, 0.4) is 0 Å². The van der Waals surface area contributed by atoms with Crippen LogP contribution in [0.4, 0.5) is 23.5 Å². The molecule has 1 aliphatic heterocycles. The molecular formula is C16H18F4N6O2S. The van der Waals surface area contributed by atoms with Crippen LogP contribution in [0, 0.1) is 0 Å². The Morgan fingerprint density at radius 1 is 1.21 bits per heavy atom. The van der Waals surface area contributed by atoms with Crippen molar-refractivity contribution in [2.24, 2.45) is 0 Å². The number of hydrogen-bond donors (Lipinski definition) is 2. The van der Waals surface area contributed by atoms with Gasteiger partial charge in [-0.2, -0.15) is 17.5 Å². The number of nitrogens with one attached hydrogen (secondary N) is 2. The molecule has 2 fully saturated rings. The van der Waals surface area contributed by atoms with Gasteiger partial charge in [-0.15, -0.1) is 0 Å². The van der Waals surface area contributed by atoms with Crippen molar-refractivity contribution in [1.29, 1.82) is 0 Å². The van der Waals surface area contributed by atoms with Crippen molar-refractivity contribution in [3.8, 4) is 11.4 Å². The van der Waals surface area contributed by atoms with E-state index in [1.807, 2.05) is 0 Å². The molecule has 2 aliphatic rings. The average Bonchev–Trinajstić information content (AvgIpc) is 3.38. The first-order valence-corrected chi connectivity index (χ1v) is 10.5. The number of imidazole rings is 1. The minimum Gasteiger partial charge on any atom is -0.348 e. The van der Waals surface area contributed by atoms with E-state index in [-0.39, 0.29) is 31.2 Å². The predicted molar refractivity (Wildman–Crippen MR) is 95.1 cm³/mol. The Kier molecular flexibility index (Phi) is 4.97. The van der Waals surface area contributed by atoms with Gasteiger partial charge in [-0.3, -0.25) is 0 Å². The van der Waals surface area contributed by atoms with Gasteiger partial charge < -0.3 is 10.3 Å². The summed E-state index contributed by atoms with van der Waals surface area (Å²) in [7, 11) is -3.48. The average molecular weight is 434 g/mol. The van der Waals surface area contributed by atoms with Gasteiger partial charge in [0.25, 0.3) is 0 Å². The Hall–Kier alpha value is -2.28. The Morgan fingerprint density at radius 2 is 1.97 bits per heavy atom. The highest BCUT2D eigenvalue weighted by atomic mass is 32.2. The molecule has 1 aliphatic carbocycles. The van der Waals surface area contributed by atoms with Gasteiger partial charge in [0.05, 0.1) is 29.5 Å². The first-order valence-electron chi connectivity index (χ1n) is 8.99. The molecule has 158 valence electrons. The van der Waals surface area contributed by atoms with Crippen LogP contribution in [0.15, 0.2) is 18.7 Å². The number of sulfonamides is 1. The molecule has 0 radical (unpaired) electrons. The summed E-state index contributed by atoms with van der Waals surface area (Å²) in [5.74, 6) is -0.172. The third-order valence-electron chi connectivity index (χ3n) is 4.97. The number of nitrogens with zero attached hydrogens (tertiary/aromatic N) is 4. The predicted octanol–water partition coefficient (Wildman–Crippen LogP) is 2.20. The maximum absolute atomic E-state index is 14.6. The highest BCUT2D eigenvalue weighted by Crippen LogP contribution is 2.36. The summed E-state index contributed by atoms with van der Waals surface area (Å²) in [5.41, 5.74) is -1.41. The van der Waals surface area contributed by atoms with Gasteiger partial charge in [0.15, 0.2) is 0 Å². The zero-order valence-electron chi connectivity index (χ0n) is 15.0. The molecule has 0 spiro atoms. The summed E-state index contributed by atoms with van der Waals surface area (Å²) in [4.78, 5) is 13.9. The van der Waals surface area contributed by atoms with Crippen LogP contribution in [-0.4, -0.2) is 63.2 Å². The van der Waals surface area contributed by atoms with Crippen molar-refractivity contribution in [2.75, 3.05) is 18.4 Å². The third-order valence-corrected chi connectivity index (χ3v) is 7.34. The summed E-state index contributed by atoms with van der Waals surface area (Å²) >= 11 is 0. The minimum absolute atomic E-state index is 0.0462. The topological polar surface area (TPSA) is 104 Å². The number of alkyl halides is 4. The van der Waals surface area contributed by atoms with Crippen LogP contribution in [0.1, 0.15) is 24.8 Å². The second-order valence-corrected chi connectivity index (χ2v) is 9.29. The van der Waals surface area contributed by atoms with E-state index in [9.17, 15) is 26.0 Å². The third kappa shape index (κ3) is 4.06. The minimum atomic E-state index is -4.68. The van der Waals surface area contributed by atoms with E-state index in [1.54, 1.807) is 0 Å². The van der Waals surface area contributed by atoms with Crippen molar-refractivity contribution in [3.63, 3.8) is 0 Å². The van der Waals surface area contributed by atoms with Crippen molar-refractivity contribution >= 4 is 16.0 Å². The van der Waals surface area contributed by atoms with Crippen molar-refractivity contribution < 1.29 is 26.0 Å². The number of aromatic amines is 1. The molecule has 1 saturated heterocycles. The highest BCUT2D eigenvalue weighted by Gasteiger charge is 2.44. The number of hydrogen-bond acceptors (Lipinski definition) is 6. The second kappa shape index (κ2) is 7.20. The first kappa shape index (κ1) is 20.0. The second-order valence-electron chi connectivity index (χ2n) is 7.08. The summed E-state index contributed by atoms with van der Waals surface area (Å²) in [6.07, 6.45) is -1.84. The Balaban J connectivity index is 1.52. The van der Waals surface area contributed by atoms with Gasteiger partial charge in [0.2, 0.25) is 16.0 Å². The van der Waals surface area contributed by atoms with Crippen LogP contribution in [0.2, 0.25) is 0 Å². The molecule has 2 aromatic rings. The molecule has 3 heterocycles. The lowest BCUT2D eigenvalue weighted by molar-refractivity contribution is -0.137. The molecule has 29 heavy (non-hydrogen) atoms. The normalized spacial score (nSPS) is 23.9. The molecule has 0 amide bonds. The van der Waals surface area contributed by atoms with Gasteiger partial charge >= 0.3 is 6.18 Å². The number of anilines is 1. The monoisotopic (exact) mass is 434 g/mol. The zero-order valence-corrected chi connectivity index (χ0v) is 15.8. The SMILES string of the molecule is O=S(=O)(C1CC1)N1CCC(Nc2ncc(C(F)(F)F)c(-c3cnc[nH]3)n2)[C@H](F)C1. The zero-order chi connectivity index (χ0) is 20.8. The molecule has 13 heteroatoms. The number of piperidine rings is 1. The number of halogens is 4. The quantitative estimate of drug-likeness (QED) is 0.700. The molecular weight excluding hydrogens is 416 g/mol. The Labute approximate surface area is 163 Å². The van der Waals surface area contributed by atoms with Crippen molar-refractivity contribution in [1.82, 2.24) is 24.2 Å². The van der Waals surface area contributed by atoms with E-state index in [0.717, 1.165) is 4.31 Å². The molecule has 2 aromatic heterocycles. The summed E-state index contributed by atoms with van der Waals surface area (Å²) < 4.78 is 80.1. The fourth-order valence-corrected chi connectivity index (χ4v) is 5.13. The lowest BCUT2D eigenvalue weighted by atomic mass is 10.1. The lowest BCUT2D eigenvalue weighted by Crippen LogP contribution is -2.50. The maximum Gasteiger partial charge on any atom is 0.420 e. The van der Waals surface area contributed by atoms with Crippen LogP contribution in [0.25, 0.3) is 11.4 Å². The highest BCUT2D eigenvalue weighted by molar-refractivity contribution is 7.90. The van der Waals surface area contributed by atoms with Crippen molar-refractivity contribution in [3.05, 3.63) is 24.3 Å². The van der Waals surface area contributed by atoms with Gasteiger partial charge in [-0.25, -0.2) is 27.8 Å². The van der Waals surface area contributed by atoms with Gasteiger partial charge in [-0.05, 0) is 19.3 Å². The Morgan fingerprint density at radius 3 is 2.55 bits per heavy atom. The number of rotatable bonds is 5. The molecule has 2 N–H and O–H groups in total. The summed E-state index contributed by atoms with van der Waals surface area (Å²) in [6, 6.07) is -0.813. The van der Waals surface area contributed by atoms with E-state index in [0.29, 0.717) is 19.0 Å². The van der Waals surface area contributed by atoms with Gasteiger partial charge in [-0.1, -0.05) is 0 Å². The first-order chi connectivity index (χ1) is 13.7. The van der Waals surface area contributed by atoms with E-state index < -0.39 is 44.9 Å². The standard InChI is InChI=1S/C16H18F4N6O2S/c17-11-7-26(29(27,28)9-1-2-9)4-3-12(11)24-15-22-5-10(16(18,19)20)14(25-15)13-6-21-8-23-13/h5-6,8-9,11-12H,1-4,7H2,(H,21,23)(H,22,24,25)/t11-,12?/m1/s1. The van der Waals surface area contributed by atoms with Crippen molar-refractivity contribution in [2.45, 2.75) is 42.9 Å². The molecule has 1 unspecified atom stereocenters. The van der Waals surface area contributed by atoms with Crippen LogP contribution < -0.4 is 5.32 Å². The Bertz CT molecular complexity index is 978. The number of aromatic nitrogens is 4. The molecule has 4 rings (SSSR count). The van der Waals surface area contributed by atoms with Crippen LogP contribution in [0.5, 0.6) is 0 Å². The lowest BCUT2D eigenvalue weighted by Gasteiger charge is -2.34. The largest absolute Gasteiger partial charge is 0.420 e. The van der Waals surface area contributed by atoms with Crippen LogP contribution in [-0.2, 0) is 16.2 Å². The maximum atomic E-state index is 14.6. The fraction of sp³-hybridized carbons (Fsp3) is 0.562. The molecule has 0 aromatic carbocycles. The van der Waals surface area contributed by atoms with E-state index in [1.165, 1.54) is 12.5 Å². The van der Waals surface area contributed by atoms with Gasteiger partial charge in [0.1, 0.15) is 17.4 Å². The molecule has 2 atom stereocenters. The van der Waals surface area contributed by atoms with E-state index >= 15 is 0 Å². The molecule has 1 saturated carbocycles. The molecule has 8 nitrogen and oxygen atoms in total. The van der Waals surface area contributed by atoms with Gasteiger partial charge in [0, 0.05) is 19.3 Å². The summed E-state index contributed by atoms with van der Waals surface area (Å²) in [5, 5.41) is 2.29. The van der Waals surface area contributed by atoms with Crippen LogP contribution >= 0.6 is 0 Å². The summed E-state index contributed by atoms with van der Waals surface area (Å²) in [6.45, 7) is -0.171. The smallest absolute Gasteiger partial charge is 0.348 e. The van der Waals surface area contributed by atoms with E-state index in [4.69, 9.17) is 0 Å². The van der Waals surface area contributed by atoms with E-state index in [2.05, 4.69) is 25.3 Å². The molecule has 0 bridgehead atoms.